The number of rotatable bonds is 13. The Morgan fingerprint density at radius 2 is 1.74 bits per heavy atom. The number of Topliss-reactive ketones (excluding diaryl/α,β-unsaturated/α-hetero) is 2. The number of likely N-dealkylation sites (tertiary alicyclic amines) is 1. The van der Waals surface area contributed by atoms with Crippen LogP contribution in [0.4, 0.5) is 4.39 Å². The summed E-state index contributed by atoms with van der Waals surface area (Å²) < 4.78 is 42.5. The smallest absolute Gasteiger partial charge is 0.265 e. The van der Waals surface area contributed by atoms with E-state index in [-0.39, 0.29) is 71.0 Å². The third-order valence-corrected chi connectivity index (χ3v) is 16.9. The van der Waals surface area contributed by atoms with Crippen molar-refractivity contribution in [3.8, 4) is 17.7 Å². The van der Waals surface area contributed by atoms with Gasteiger partial charge in [0.25, 0.3) is 5.88 Å². The number of hydrogen-bond donors (Lipinski definition) is 1. The van der Waals surface area contributed by atoms with Crippen LogP contribution in [0.5, 0.6) is 11.6 Å². The number of aliphatic hydroxyl groups is 1. The van der Waals surface area contributed by atoms with Crippen molar-refractivity contribution in [1.29, 1.82) is 5.26 Å². The fraction of sp³-hybridized carbons (Fsp3) is 0.659. The molecule has 1 saturated heterocycles. The molecule has 1 N–H and O–H groups in total. The zero-order valence-electron chi connectivity index (χ0n) is 33.5. The molecule has 1 fully saturated rings. The van der Waals surface area contributed by atoms with Gasteiger partial charge in [0.15, 0.2) is 25.5 Å². The van der Waals surface area contributed by atoms with Crippen molar-refractivity contribution in [2.24, 2.45) is 11.8 Å². The first kappa shape index (κ1) is 40.1. The quantitative estimate of drug-likeness (QED) is 0.156. The molecule has 0 unspecified atom stereocenters. The molecule has 1 aromatic carbocycles. The van der Waals surface area contributed by atoms with Gasteiger partial charge in [-0.3, -0.25) is 19.4 Å². The Kier molecular flexibility index (Phi) is 11.3. The lowest BCUT2D eigenvalue weighted by Gasteiger charge is -2.55. The normalized spacial score (nSPS) is 24.3. The molecule has 4 aliphatic rings. The molecule has 0 radical (unpaired) electrons. The number of carbonyl (C=O) groups is 2. The number of benzene rings is 1. The van der Waals surface area contributed by atoms with Crippen LogP contribution in [0.3, 0.4) is 0 Å². The third-order valence-electron chi connectivity index (χ3n) is 12.4. The summed E-state index contributed by atoms with van der Waals surface area (Å²) in [5, 5.41) is 27.2. The van der Waals surface area contributed by atoms with Crippen molar-refractivity contribution in [2.45, 2.75) is 122 Å². The molecule has 6 rings (SSSR count). The minimum absolute atomic E-state index is 0.00598. The van der Waals surface area contributed by atoms with Gasteiger partial charge in [-0.05, 0) is 94.9 Å². The van der Waals surface area contributed by atoms with E-state index in [0.717, 1.165) is 45.2 Å². The predicted octanol–water partition coefficient (Wildman–Crippen LogP) is 8.09. The van der Waals surface area contributed by atoms with Crippen molar-refractivity contribution in [1.82, 2.24) is 15.0 Å². The molecule has 3 aliphatic carbocycles. The summed E-state index contributed by atoms with van der Waals surface area (Å²) in [4.78, 5) is 34.5. The lowest BCUT2D eigenvalue weighted by Crippen LogP contribution is -2.65. The molecule has 0 bridgehead atoms. The van der Waals surface area contributed by atoms with Gasteiger partial charge in [0.2, 0.25) is 5.78 Å². The number of nitriles is 1. The van der Waals surface area contributed by atoms with Crippen LogP contribution in [0.1, 0.15) is 129 Å². The Bertz CT molecular complexity index is 1870. The van der Waals surface area contributed by atoms with E-state index in [4.69, 9.17) is 18.4 Å². The highest BCUT2D eigenvalue weighted by atomic mass is 28.4. The maximum atomic E-state index is 17.0. The highest BCUT2D eigenvalue weighted by Gasteiger charge is 2.67. The van der Waals surface area contributed by atoms with Crippen LogP contribution in [-0.2, 0) is 17.4 Å². The minimum Gasteiger partial charge on any atom is -0.508 e. The number of ketones is 2. The van der Waals surface area contributed by atoms with Crippen LogP contribution in [0, 0.1) is 29.0 Å². The molecular formula is C41H57FN4O7Si. The SMILES string of the molecule is CCCCOc1noc2c1C(=O)[C@@]1(O[Si](C)(C)C(C)(C)C)C(O)=C3C(=O)c4c(c(F)c(CN5CCCC5)c(C#N)c4OCCCC)C[C@H]3C[C@H]1[C@@H]2N(C)C. The number of fused-ring (bicyclic) bond motifs is 4. The summed E-state index contributed by atoms with van der Waals surface area (Å²) in [6, 6.07) is 1.58. The van der Waals surface area contributed by atoms with E-state index in [1.165, 1.54) is 0 Å². The van der Waals surface area contributed by atoms with Crippen LogP contribution in [0.15, 0.2) is 15.9 Å². The largest absolute Gasteiger partial charge is 0.508 e. The zero-order valence-corrected chi connectivity index (χ0v) is 34.5. The Balaban J connectivity index is 1.61. The first-order valence-electron chi connectivity index (χ1n) is 19.7. The molecule has 0 spiro atoms. The second-order valence-corrected chi connectivity index (χ2v) is 22.0. The molecule has 1 aliphatic heterocycles. The number of ether oxygens (including phenoxy) is 2. The molecule has 4 atom stereocenters. The van der Waals surface area contributed by atoms with Crippen molar-refractivity contribution in [2.75, 3.05) is 40.4 Å². The molecule has 2 aromatic rings. The zero-order chi connectivity index (χ0) is 39.3. The molecule has 1 aromatic heterocycles. The van der Waals surface area contributed by atoms with E-state index >= 15 is 14.0 Å². The monoisotopic (exact) mass is 764 g/mol. The average molecular weight is 765 g/mol. The minimum atomic E-state index is -2.91. The van der Waals surface area contributed by atoms with Crippen LogP contribution in [-0.4, -0.2) is 85.9 Å². The van der Waals surface area contributed by atoms with Gasteiger partial charge in [-0.25, -0.2) is 4.39 Å². The Hall–Kier alpha value is -3.57. The number of unbranched alkanes of at least 4 members (excludes halogenated alkanes) is 2. The number of allylic oxidation sites excluding steroid dienone is 1. The first-order chi connectivity index (χ1) is 25.5. The van der Waals surface area contributed by atoms with Crippen molar-refractivity contribution in [3.63, 3.8) is 0 Å². The van der Waals surface area contributed by atoms with Crippen molar-refractivity contribution >= 4 is 19.9 Å². The van der Waals surface area contributed by atoms with Gasteiger partial charge in [0.1, 0.15) is 34.5 Å². The highest BCUT2D eigenvalue weighted by Crippen LogP contribution is 2.60. The second-order valence-electron chi connectivity index (χ2n) is 17.2. The summed E-state index contributed by atoms with van der Waals surface area (Å²) in [6.07, 6.45) is 5.35. The number of aromatic nitrogens is 1. The topological polar surface area (TPSA) is 138 Å². The Morgan fingerprint density at radius 3 is 2.33 bits per heavy atom. The van der Waals surface area contributed by atoms with E-state index in [0.29, 0.717) is 18.8 Å². The lowest BCUT2D eigenvalue weighted by atomic mass is 9.58. The molecule has 294 valence electrons. The summed E-state index contributed by atoms with van der Waals surface area (Å²) in [5.74, 6) is -3.23. The fourth-order valence-electron chi connectivity index (χ4n) is 8.57. The van der Waals surface area contributed by atoms with Crippen LogP contribution in [0.2, 0.25) is 18.1 Å². The molecule has 2 heterocycles. The number of hydrogen-bond acceptors (Lipinski definition) is 11. The number of aliphatic hydroxyl groups excluding tert-OH is 1. The maximum Gasteiger partial charge on any atom is 0.265 e. The standard InChI is InChI=1S/C41H57FN4O7Si/c1-10-12-18-50-35-26(22-43)27(23-46-16-14-15-17-46)32(42)25-20-24-21-28-33(45(6)7)36-31(39(44-52-36)51-19-13-11-2)38(49)41(28,53-54(8,9)40(3,4)5)37(48)29(24)34(47)30(25)35/h24,28,33,48H,10-21,23H2,1-9H3/t24-,28-,33-,41-/m0/s1. The van der Waals surface area contributed by atoms with Crippen LogP contribution < -0.4 is 9.47 Å². The summed E-state index contributed by atoms with van der Waals surface area (Å²) >= 11 is 0. The average Bonchev–Trinajstić information content (AvgIpc) is 3.78. The third kappa shape index (κ3) is 6.50. The summed E-state index contributed by atoms with van der Waals surface area (Å²) in [7, 11) is 0.827. The van der Waals surface area contributed by atoms with Crippen LogP contribution in [0.25, 0.3) is 0 Å². The van der Waals surface area contributed by atoms with Gasteiger partial charge in [0, 0.05) is 29.2 Å². The maximum absolute atomic E-state index is 17.0. The van der Waals surface area contributed by atoms with Gasteiger partial charge in [-0.15, -0.1) is 0 Å². The van der Waals surface area contributed by atoms with Crippen LogP contribution >= 0.6 is 0 Å². The van der Waals surface area contributed by atoms with E-state index in [9.17, 15) is 10.4 Å². The van der Waals surface area contributed by atoms with E-state index in [2.05, 4.69) is 36.9 Å². The van der Waals surface area contributed by atoms with Gasteiger partial charge < -0.3 is 23.5 Å². The number of halogens is 1. The summed E-state index contributed by atoms with van der Waals surface area (Å²) in [5.41, 5.74) is -1.50. The van der Waals surface area contributed by atoms with Gasteiger partial charge in [-0.2, -0.15) is 5.26 Å². The van der Waals surface area contributed by atoms with E-state index in [1.807, 2.05) is 45.9 Å². The molecular weight excluding hydrogens is 708 g/mol. The number of carbonyl (C=O) groups excluding carboxylic acids is 2. The molecule has 0 saturated carbocycles. The Morgan fingerprint density at radius 1 is 1.09 bits per heavy atom. The molecule has 0 amide bonds. The van der Waals surface area contributed by atoms with Gasteiger partial charge >= 0.3 is 0 Å². The Labute approximate surface area is 319 Å². The molecule has 13 heteroatoms. The van der Waals surface area contributed by atoms with E-state index in [1.54, 1.807) is 0 Å². The highest BCUT2D eigenvalue weighted by molar-refractivity contribution is 6.74. The van der Waals surface area contributed by atoms with E-state index < -0.39 is 60.0 Å². The predicted molar refractivity (Wildman–Crippen MR) is 204 cm³/mol. The van der Waals surface area contributed by atoms with Gasteiger partial charge in [0.05, 0.1) is 24.8 Å². The van der Waals surface area contributed by atoms with Gasteiger partial charge in [-0.1, -0.05) is 47.5 Å². The number of nitrogens with zero attached hydrogens (tertiary/aromatic N) is 4. The van der Waals surface area contributed by atoms with Crippen molar-refractivity contribution in [3.05, 3.63) is 50.7 Å². The molecule has 11 nitrogen and oxygen atoms in total. The fourth-order valence-corrected chi connectivity index (χ4v) is 10.0. The first-order valence-corrected chi connectivity index (χ1v) is 22.6. The summed E-state index contributed by atoms with van der Waals surface area (Å²) in [6.45, 7) is 16.6. The second kappa shape index (κ2) is 15.2. The van der Waals surface area contributed by atoms with Crippen molar-refractivity contribution < 1.29 is 37.5 Å². The lowest BCUT2D eigenvalue weighted by molar-refractivity contribution is -0.0481. The molecule has 54 heavy (non-hydrogen) atoms.